The van der Waals surface area contributed by atoms with Crippen molar-refractivity contribution in [3.8, 4) is 11.1 Å². The van der Waals surface area contributed by atoms with Crippen LogP contribution in [0.4, 0.5) is 15.8 Å². The minimum atomic E-state index is -0.934. The smallest absolute Gasteiger partial charge is 0.250 e. The first-order chi connectivity index (χ1) is 16.6. The molecule has 1 atom stereocenters. The van der Waals surface area contributed by atoms with Crippen LogP contribution >= 0.6 is 12.2 Å². The van der Waals surface area contributed by atoms with Gasteiger partial charge >= 0.3 is 0 Å². The Morgan fingerprint density at radius 1 is 1.11 bits per heavy atom. The molecular formula is C25H25FN6O2S. The topological polar surface area (TPSA) is 147 Å². The first-order valence-electron chi connectivity index (χ1n) is 10.7. The van der Waals surface area contributed by atoms with Crippen molar-refractivity contribution < 1.29 is 14.0 Å². The highest BCUT2D eigenvalue weighted by molar-refractivity contribution is 7.80. The van der Waals surface area contributed by atoms with Crippen molar-refractivity contribution in [3.63, 3.8) is 0 Å². The molecule has 0 saturated heterocycles. The highest BCUT2D eigenvalue weighted by Crippen LogP contribution is 2.26. The number of aromatic nitrogens is 1. The molecule has 0 bridgehead atoms. The van der Waals surface area contributed by atoms with E-state index in [1.165, 1.54) is 6.07 Å². The number of hydrogen-bond donors (Lipinski definition) is 5. The summed E-state index contributed by atoms with van der Waals surface area (Å²) in [5, 5.41) is 13.2. The summed E-state index contributed by atoms with van der Waals surface area (Å²) >= 11 is 5.20. The zero-order valence-corrected chi connectivity index (χ0v) is 19.8. The number of nitrogens with zero attached hydrogens (tertiary/aromatic N) is 1. The molecule has 0 fully saturated rings. The number of anilines is 2. The maximum atomic E-state index is 14.8. The van der Waals surface area contributed by atoms with Crippen LogP contribution in [0.3, 0.4) is 0 Å². The number of nitrogens with one attached hydrogen (secondary N) is 3. The molecule has 8 nitrogen and oxygen atoms in total. The average Bonchev–Trinajstić information content (AvgIpc) is 2.80. The molecular weight excluding hydrogens is 467 g/mol. The first-order valence-corrected chi connectivity index (χ1v) is 11.1. The van der Waals surface area contributed by atoms with Crippen molar-refractivity contribution in [2.24, 2.45) is 11.5 Å². The summed E-state index contributed by atoms with van der Waals surface area (Å²) in [4.78, 5) is 28.4. The summed E-state index contributed by atoms with van der Waals surface area (Å²) in [5.74, 6) is -2.31. The molecule has 35 heavy (non-hydrogen) atoms. The number of benzene rings is 2. The number of rotatable bonds is 10. The zero-order valence-electron chi connectivity index (χ0n) is 19.0. The molecule has 0 aliphatic heterocycles. The van der Waals surface area contributed by atoms with Crippen LogP contribution in [-0.2, 0) is 11.2 Å². The number of hydrogen-bond acceptors (Lipinski definition) is 6. The molecule has 0 aliphatic carbocycles. The van der Waals surface area contributed by atoms with Crippen LogP contribution in [0.1, 0.15) is 29.3 Å². The molecule has 1 aromatic heterocycles. The second-order valence-electron chi connectivity index (χ2n) is 7.99. The first kappa shape index (κ1) is 25.4. The lowest BCUT2D eigenvalue weighted by atomic mass is 10.0. The maximum absolute atomic E-state index is 14.8. The minimum Gasteiger partial charge on any atom is -0.371 e. The predicted octanol–water partition coefficient (Wildman–Crippen LogP) is 3.66. The quantitative estimate of drug-likeness (QED) is 0.216. The highest BCUT2D eigenvalue weighted by atomic mass is 32.1. The number of amides is 2. The molecule has 2 aromatic carbocycles. The minimum absolute atomic E-state index is 0.0531. The average molecular weight is 493 g/mol. The second-order valence-corrected chi connectivity index (χ2v) is 8.48. The van der Waals surface area contributed by atoms with Gasteiger partial charge in [0.15, 0.2) is 0 Å². The van der Waals surface area contributed by atoms with Crippen molar-refractivity contribution in [3.05, 3.63) is 77.9 Å². The van der Waals surface area contributed by atoms with Gasteiger partial charge in [-0.15, -0.1) is 0 Å². The van der Waals surface area contributed by atoms with Gasteiger partial charge in [-0.2, -0.15) is 0 Å². The Balaban J connectivity index is 1.83. The Bertz CT molecular complexity index is 1260. The van der Waals surface area contributed by atoms with Gasteiger partial charge in [0, 0.05) is 30.9 Å². The summed E-state index contributed by atoms with van der Waals surface area (Å²) in [6.07, 6.45) is 3.81. The fourth-order valence-corrected chi connectivity index (χ4v) is 3.77. The summed E-state index contributed by atoms with van der Waals surface area (Å²) in [7, 11) is 0. The van der Waals surface area contributed by atoms with Crippen molar-refractivity contribution in [2.75, 3.05) is 10.6 Å². The van der Waals surface area contributed by atoms with Gasteiger partial charge in [-0.05, 0) is 41.8 Å². The largest absolute Gasteiger partial charge is 0.371 e. The molecule has 0 saturated carbocycles. The number of carbonyl (C=O) groups is 2. The summed E-state index contributed by atoms with van der Waals surface area (Å²) in [6, 6.07) is 12.6. The van der Waals surface area contributed by atoms with Crippen LogP contribution in [0.15, 0.2) is 60.9 Å². The molecule has 0 aliphatic rings. The molecule has 180 valence electrons. The number of thiocarbonyl (C=S) groups is 1. The lowest BCUT2D eigenvalue weighted by Gasteiger charge is -2.20. The van der Waals surface area contributed by atoms with Gasteiger partial charge in [0.05, 0.1) is 21.9 Å². The van der Waals surface area contributed by atoms with Crippen LogP contribution in [0.5, 0.6) is 0 Å². The maximum Gasteiger partial charge on any atom is 0.250 e. The van der Waals surface area contributed by atoms with E-state index in [0.717, 1.165) is 22.8 Å². The fraction of sp³-hybridized carbons (Fsp3) is 0.160. The van der Waals surface area contributed by atoms with Gasteiger partial charge in [0.1, 0.15) is 11.9 Å². The standard InChI is InChI=1S/C25H25FN6O2S/c1-14(27)9-23(35)32-20-12-21(19(26)11-18(20)24(28)33)31-22(25(29)34)10-15-4-6-16(7-5-15)17-3-2-8-30-13-17/h2-8,11-13,22,27,31H,9-10H2,1H3,(H2,28,33)(H2,29,34)(H,32,35). The molecule has 1 unspecified atom stereocenters. The summed E-state index contributed by atoms with van der Waals surface area (Å²) in [5.41, 5.74) is 14.0. The number of nitrogens with two attached hydrogens (primary N) is 2. The van der Waals surface area contributed by atoms with E-state index in [4.69, 9.17) is 29.1 Å². The summed E-state index contributed by atoms with van der Waals surface area (Å²) in [6.45, 7) is 1.58. The number of halogens is 1. The summed E-state index contributed by atoms with van der Waals surface area (Å²) < 4.78 is 14.8. The Morgan fingerprint density at radius 2 is 1.83 bits per heavy atom. The van der Waals surface area contributed by atoms with E-state index < -0.39 is 23.7 Å². The second kappa shape index (κ2) is 11.3. The van der Waals surface area contributed by atoms with Crippen molar-refractivity contribution >= 4 is 46.1 Å². The van der Waals surface area contributed by atoms with Crippen molar-refractivity contribution in [2.45, 2.75) is 25.8 Å². The van der Waals surface area contributed by atoms with E-state index in [9.17, 15) is 14.0 Å². The van der Waals surface area contributed by atoms with Crippen LogP contribution in [0.2, 0.25) is 0 Å². The van der Waals surface area contributed by atoms with Gasteiger partial charge in [0.2, 0.25) is 5.91 Å². The van der Waals surface area contributed by atoms with E-state index in [1.54, 1.807) is 19.3 Å². The van der Waals surface area contributed by atoms with Crippen molar-refractivity contribution in [1.29, 1.82) is 5.41 Å². The van der Waals surface area contributed by atoms with Gasteiger partial charge in [-0.1, -0.05) is 42.5 Å². The van der Waals surface area contributed by atoms with Crippen LogP contribution in [0.25, 0.3) is 11.1 Å². The molecule has 3 aromatic rings. The predicted molar refractivity (Wildman–Crippen MR) is 139 cm³/mol. The zero-order chi connectivity index (χ0) is 25.5. The Labute approximate surface area is 207 Å². The Morgan fingerprint density at radius 3 is 2.40 bits per heavy atom. The van der Waals surface area contributed by atoms with Gasteiger partial charge in [0.25, 0.3) is 5.91 Å². The van der Waals surface area contributed by atoms with E-state index in [1.807, 2.05) is 36.4 Å². The molecule has 1 heterocycles. The van der Waals surface area contributed by atoms with E-state index in [2.05, 4.69) is 15.6 Å². The van der Waals surface area contributed by atoms with Gasteiger partial charge < -0.3 is 27.5 Å². The van der Waals surface area contributed by atoms with Crippen molar-refractivity contribution in [1.82, 2.24) is 4.98 Å². The van der Waals surface area contributed by atoms with Gasteiger partial charge in [-0.25, -0.2) is 4.39 Å². The normalized spacial score (nSPS) is 11.4. The highest BCUT2D eigenvalue weighted by Gasteiger charge is 2.21. The number of primary amides is 2. The van der Waals surface area contributed by atoms with Crippen LogP contribution < -0.4 is 22.1 Å². The third-order valence-electron chi connectivity index (χ3n) is 5.13. The molecule has 3 rings (SSSR count). The SMILES string of the molecule is CC(=N)CC(=S)Nc1cc(NC(Cc2ccc(-c3cccnc3)cc2)C(N)=O)c(F)cc1C(N)=O. The third-order valence-corrected chi connectivity index (χ3v) is 5.38. The third kappa shape index (κ3) is 6.90. The molecule has 2 amide bonds. The fourth-order valence-electron chi connectivity index (χ4n) is 3.44. The molecule has 10 heteroatoms. The van der Waals surface area contributed by atoms with E-state index in [0.29, 0.717) is 5.71 Å². The van der Waals surface area contributed by atoms with Gasteiger partial charge in [-0.3, -0.25) is 14.6 Å². The Hall–Kier alpha value is -4.18. The lowest BCUT2D eigenvalue weighted by molar-refractivity contribution is -0.118. The monoisotopic (exact) mass is 492 g/mol. The molecule has 0 spiro atoms. The lowest BCUT2D eigenvalue weighted by Crippen LogP contribution is -2.37. The number of pyridine rings is 1. The Kier molecular flexibility index (Phi) is 8.21. The number of carbonyl (C=O) groups excluding carboxylic acids is 2. The van der Waals surface area contributed by atoms with E-state index >= 15 is 0 Å². The van der Waals surface area contributed by atoms with Crippen LogP contribution in [-0.4, -0.2) is 33.5 Å². The van der Waals surface area contributed by atoms with E-state index in [-0.39, 0.29) is 34.8 Å². The molecule has 7 N–H and O–H groups in total. The molecule has 0 radical (unpaired) electrons. The van der Waals surface area contributed by atoms with Crippen LogP contribution in [0, 0.1) is 11.2 Å².